The lowest BCUT2D eigenvalue weighted by Gasteiger charge is -2.40. The Labute approximate surface area is 175 Å². The van der Waals surface area contributed by atoms with E-state index in [-0.39, 0.29) is 5.91 Å². The number of methoxy groups -OCH3 is 1. The van der Waals surface area contributed by atoms with Crippen molar-refractivity contribution >= 4 is 17.6 Å². The summed E-state index contributed by atoms with van der Waals surface area (Å²) in [5.41, 5.74) is 2.68. The van der Waals surface area contributed by atoms with Crippen LogP contribution in [0.3, 0.4) is 0 Å². The van der Waals surface area contributed by atoms with E-state index in [0.29, 0.717) is 11.8 Å². The number of carbonyl (C=O) groups is 1. The van der Waals surface area contributed by atoms with Gasteiger partial charge in [-0.3, -0.25) is 9.79 Å². The van der Waals surface area contributed by atoms with Gasteiger partial charge < -0.3 is 20.3 Å². The van der Waals surface area contributed by atoms with Gasteiger partial charge in [-0.25, -0.2) is 0 Å². The summed E-state index contributed by atoms with van der Waals surface area (Å²) in [6.07, 6.45) is 7.18. The fourth-order valence-electron chi connectivity index (χ4n) is 4.25. The van der Waals surface area contributed by atoms with Gasteiger partial charge in [0.1, 0.15) is 0 Å². The van der Waals surface area contributed by atoms with Crippen molar-refractivity contribution in [1.82, 2.24) is 10.6 Å². The minimum absolute atomic E-state index is 0.215. The first-order valence-corrected chi connectivity index (χ1v) is 11.1. The molecule has 3 rings (SSSR count). The molecule has 29 heavy (non-hydrogen) atoms. The van der Waals surface area contributed by atoms with Crippen molar-refractivity contribution in [3.63, 3.8) is 0 Å². The van der Waals surface area contributed by atoms with Crippen molar-refractivity contribution in [2.24, 2.45) is 10.4 Å². The van der Waals surface area contributed by atoms with E-state index in [1.165, 1.54) is 24.8 Å². The Morgan fingerprint density at radius 1 is 1.28 bits per heavy atom. The number of benzene rings is 1. The van der Waals surface area contributed by atoms with Crippen molar-refractivity contribution in [2.45, 2.75) is 51.9 Å². The number of nitrogens with zero attached hydrogens (tertiary/aromatic N) is 2. The van der Waals surface area contributed by atoms with E-state index in [0.717, 1.165) is 63.7 Å². The van der Waals surface area contributed by atoms with Crippen LogP contribution in [0.1, 0.15) is 51.0 Å². The van der Waals surface area contributed by atoms with E-state index in [1.807, 2.05) is 23.1 Å². The lowest BCUT2D eigenvalue weighted by atomic mass is 9.67. The van der Waals surface area contributed by atoms with Crippen LogP contribution in [0.5, 0.6) is 0 Å². The van der Waals surface area contributed by atoms with Crippen LogP contribution < -0.4 is 15.5 Å². The second-order valence-corrected chi connectivity index (χ2v) is 8.25. The molecule has 1 aromatic rings. The highest BCUT2D eigenvalue weighted by Gasteiger charge is 2.36. The quantitative estimate of drug-likeness (QED) is 0.360. The van der Waals surface area contributed by atoms with E-state index >= 15 is 0 Å². The highest BCUT2D eigenvalue weighted by molar-refractivity contribution is 5.95. The standard InChI is InChI=1S/C23H36N4O2/c1-3-24-22(26-18-23(12-7-13-23)14-17-29-2)25-15-6-10-21(28)27-16-11-19-8-4-5-9-20(19)27/h4-5,8-9H,3,6-7,10-18H2,1-2H3,(H2,24,25,26). The van der Waals surface area contributed by atoms with Crippen LogP contribution in [0.4, 0.5) is 5.69 Å². The van der Waals surface area contributed by atoms with Crippen LogP contribution in [-0.2, 0) is 16.0 Å². The zero-order chi connectivity index (χ0) is 20.5. The maximum atomic E-state index is 12.6. The van der Waals surface area contributed by atoms with Crippen LogP contribution in [-0.4, -0.2) is 51.8 Å². The summed E-state index contributed by atoms with van der Waals surface area (Å²) in [4.78, 5) is 19.4. The molecule has 6 heteroatoms. The highest BCUT2D eigenvalue weighted by atomic mass is 16.5. The van der Waals surface area contributed by atoms with Crippen molar-refractivity contribution in [3.8, 4) is 0 Å². The van der Waals surface area contributed by atoms with Crippen molar-refractivity contribution in [3.05, 3.63) is 29.8 Å². The Morgan fingerprint density at radius 3 is 2.83 bits per heavy atom. The first-order chi connectivity index (χ1) is 14.2. The maximum absolute atomic E-state index is 12.6. The number of aliphatic imine (C=N–C) groups is 1. The van der Waals surface area contributed by atoms with Crippen LogP contribution in [0.25, 0.3) is 0 Å². The Bertz CT molecular complexity index is 700. The van der Waals surface area contributed by atoms with Gasteiger partial charge in [0.2, 0.25) is 5.91 Å². The molecule has 0 unspecified atom stereocenters. The highest BCUT2D eigenvalue weighted by Crippen LogP contribution is 2.44. The first kappa shape index (κ1) is 21.6. The molecule has 0 radical (unpaired) electrons. The lowest BCUT2D eigenvalue weighted by molar-refractivity contribution is -0.118. The number of para-hydroxylation sites is 1. The topological polar surface area (TPSA) is 66.0 Å². The van der Waals surface area contributed by atoms with Crippen molar-refractivity contribution in [2.75, 3.05) is 44.8 Å². The smallest absolute Gasteiger partial charge is 0.227 e. The van der Waals surface area contributed by atoms with Gasteiger partial charge in [0.05, 0.1) is 0 Å². The molecule has 1 fully saturated rings. The van der Waals surface area contributed by atoms with Gasteiger partial charge in [0, 0.05) is 52.0 Å². The third-order valence-electron chi connectivity index (χ3n) is 6.22. The van der Waals surface area contributed by atoms with Gasteiger partial charge in [0.15, 0.2) is 5.96 Å². The second kappa shape index (κ2) is 10.6. The number of hydrogen-bond acceptors (Lipinski definition) is 3. The molecule has 0 spiro atoms. The molecule has 1 aliphatic carbocycles. The van der Waals surface area contributed by atoms with Crippen LogP contribution in [0.2, 0.25) is 0 Å². The zero-order valence-electron chi connectivity index (χ0n) is 18.0. The maximum Gasteiger partial charge on any atom is 0.227 e. The van der Waals surface area contributed by atoms with Crippen LogP contribution in [0, 0.1) is 5.41 Å². The summed E-state index contributed by atoms with van der Waals surface area (Å²) >= 11 is 0. The molecule has 0 aromatic heterocycles. The van der Waals surface area contributed by atoms with Crippen LogP contribution in [0.15, 0.2) is 29.3 Å². The molecule has 1 aliphatic heterocycles. The number of rotatable bonds is 10. The van der Waals surface area contributed by atoms with E-state index in [4.69, 9.17) is 9.73 Å². The molecule has 0 atom stereocenters. The van der Waals surface area contributed by atoms with Crippen molar-refractivity contribution in [1.29, 1.82) is 0 Å². The number of hydrogen-bond donors (Lipinski definition) is 2. The van der Waals surface area contributed by atoms with Gasteiger partial charge in [-0.05, 0) is 56.1 Å². The van der Waals surface area contributed by atoms with Gasteiger partial charge in [-0.2, -0.15) is 0 Å². The normalized spacial score (nSPS) is 17.6. The molecule has 2 aliphatic rings. The van der Waals surface area contributed by atoms with Crippen molar-refractivity contribution < 1.29 is 9.53 Å². The number of guanidine groups is 1. The third kappa shape index (κ3) is 5.72. The molecule has 0 saturated heterocycles. The predicted molar refractivity (Wildman–Crippen MR) is 118 cm³/mol. The summed E-state index contributed by atoms with van der Waals surface area (Å²) in [5, 5.41) is 6.73. The van der Waals surface area contributed by atoms with Crippen LogP contribution >= 0.6 is 0 Å². The molecule has 1 aromatic carbocycles. The second-order valence-electron chi connectivity index (χ2n) is 8.25. The molecule has 1 heterocycles. The number of fused-ring (bicyclic) bond motifs is 1. The summed E-state index contributed by atoms with van der Waals surface area (Å²) in [6.45, 7) is 6.11. The molecule has 0 bridgehead atoms. The number of nitrogens with one attached hydrogen (secondary N) is 2. The average molecular weight is 401 g/mol. The Hall–Kier alpha value is -2.08. The van der Waals surface area contributed by atoms with E-state index in [9.17, 15) is 4.79 Å². The molecule has 6 nitrogen and oxygen atoms in total. The number of amides is 1. The molecule has 1 saturated carbocycles. The third-order valence-corrected chi connectivity index (χ3v) is 6.22. The Kier molecular flexibility index (Phi) is 7.92. The predicted octanol–water partition coefficient (Wildman–Crippen LogP) is 3.12. The summed E-state index contributed by atoms with van der Waals surface area (Å²) in [7, 11) is 1.77. The summed E-state index contributed by atoms with van der Waals surface area (Å²) < 4.78 is 5.28. The molecule has 2 N–H and O–H groups in total. The fraction of sp³-hybridized carbons (Fsp3) is 0.652. The monoisotopic (exact) mass is 400 g/mol. The molecular weight excluding hydrogens is 364 g/mol. The Morgan fingerprint density at radius 2 is 2.10 bits per heavy atom. The van der Waals surface area contributed by atoms with E-state index in [1.54, 1.807) is 7.11 Å². The van der Waals surface area contributed by atoms with Gasteiger partial charge >= 0.3 is 0 Å². The first-order valence-electron chi connectivity index (χ1n) is 11.1. The molecule has 1 amide bonds. The summed E-state index contributed by atoms with van der Waals surface area (Å²) in [6, 6.07) is 8.22. The van der Waals surface area contributed by atoms with Gasteiger partial charge in [-0.15, -0.1) is 0 Å². The van der Waals surface area contributed by atoms with Gasteiger partial charge in [0.25, 0.3) is 0 Å². The summed E-state index contributed by atoms with van der Waals surface area (Å²) in [5.74, 6) is 1.07. The minimum atomic E-state index is 0.215. The zero-order valence-corrected chi connectivity index (χ0v) is 18.0. The largest absolute Gasteiger partial charge is 0.385 e. The number of anilines is 1. The lowest BCUT2D eigenvalue weighted by Crippen LogP contribution is -2.40. The van der Waals surface area contributed by atoms with E-state index in [2.05, 4.69) is 23.6 Å². The average Bonchev–Trinajstić information content (AvgIpc) is 3.14. The minimum Gasteiger partial charge on any atom is -0.385 e. The Balaban J connectivity index is 1.43. The molecule has 160 valence electrons. The number of carbonyl (C=O) groups excluding carboxylic acids is 1. The molecular formula is C23H36N4O2. The van der Waals surface area contributed by atoms with E-state index < -0.39 is 0 Å². The van der Waals surface area contributed by atoms with Gasteiger partial charge in [-0.1, -0.05) is 24.6 Å². The number of ether oxygens (including phenoxy) is 1. The fourth-order valence-corrected chi connectivity index (χ4v) is 4.25. The SMILES string of the molecule is CCNC(=NCC1(CCOC)CCC1)NCCCC(=O)N1CCc2ccccc21.